The fraction of sp³-hybridized carbons (Fsp3) is 0.190. The topological polar surface area (TPSA) is 97.4 Å². The summed E-state index contributed by atoms with van der Waals surface area (Å²) < 4.78 is 1.75. The van der Waals surface area contributed by atoms with Gasteiger partial charge in [-0.1, -0.05) is 41.4 Å². The van der Waals surface area contributed by atoms with Crippen LogP contribution in [0.5, 0.6) is 0 Å². The molecule has 2 heterocycles. The fourth-order valence-corrected chi connectivity index (χ4v) is 4.44. The maximum atomic E-state index is 11.8. The molecule has 0 saturated carbocycles. The van der Waals surface area contributed by atoms with Crippen LogP contribution in [0.2, 0.25) is 10.0 Å². The first kappa shape index (κ1) is 21.5. The van der Waals surface area contributed by atoms with Crippen molar-refractivity contribution in [1.29, 1.82) is 0 Å². The molecule has 31 heavy (non-hydrogen) atoms. The third-order valence-corrected chi connectivity index (χ3v) is 5.99. The number of thioether (sulfide) groups is 1. The number of halogens is 2. The highest BCUT2D eigenvalue weighted by Gasteiger charge is 2.30. The van der Waals surface area contributed by atoms with Gasteiger partial charge in [0.1, 0.15) is 6.04 Å². The summed E-state index contributed by atoms with van der Waals surface area (Å²) in [5.74, 6) is -0.487. The van der Waals surface area contributed by atoms with Crippen LogP contribution in [-0.4, -0.2) is 36.7 Å². The van der Waals surface area contributed by atoms with Gasteiger partial charge in [0.2, 0.25) is 5.16 Å². The minimum absolute atomic E-state index is 0.108. The van der Waals surface area contributed by atoms with Crippen LogP contribution in [0.25, 0.3) is 5.69 Å². The average Bonchev–Trinajstić information content (AvgIpc) is 3.05. The van der Waals surface area contributed by atoms with E-state index in [1.165, 1.54) is 6.92 Å². The van der Waals surface area contributed by atoms with Crippen molar-refractivity contribution in [1.82, 2.24) is 14.8 Å². The van der Waals surface area contributed by atoms with Crippen LogP contribution in [0, 0.1) is 0 Å². The average molecular weight is 475 g/mol. The molecule has 0 amide bonds. The first-order valence-electron chi connectivity index (χ1n) is 9.33. The van der Waals surface area contributed by atoms with Crippen LogP contribution >= 0.6 is 35.0 Å². The van der Waals surface area contributed by atoms with Crippen molar-refractivity contribution in [2.75, 3.05) is 0 Å². The molecule has 1 atom stereocenters. The summed E-state index contributed by atoms with van der Waals surface area (Å²) >= 11 is 13.8. The molecule has 7 nitrogen and oxygen atoms in total. The molecule has 0 spiro atoms. The molecule has 4 rings (SSSR count). The number of rotatable bonds is 5. The summed E-state index contributed by atoms with van der Waals surface area (Å²) in [6.45, 7) is 1.44. The molecule has 10 heteroatoms. The predicted molar refractivity (Wildman–Crippen MR) is 120 cm³/mol. The standard InChI is InChI=1S/C21H16Cl2N4O3S/c1-11(28)31-21-26-25-20-16(7-9-18(29)30)24-19(13-4-2-3-5-15(13)23)14-10-12(22)6-8-17(14)27(20)21/h2-6,8,10,16H,7,9H2,1H3,(H,29,30)/t16-/m0/s1. The van der Waals surface area contributed by atoms with E-state index < -0.39 is 12.0 Å². The third kappa shape index (κ3) is 4.37. The number of carboxylic acids is 1. The molecule has 0 bridgehead atoms. The van der Waals surface area contributed by atoms with Crippen LogP contribution in [0.4, 0.5) is 0 Å². The first-order valence-corrected chi connectivity index (χ1v) is 10.9. The van der Waals surface area contributed by atoms with Crippen molar-refractivity contribution in [3.05, 3.63) is 69.5 Å². The number of carbonyl (C=O) groups is 2. The minimum atomic E-state index is -0.941. The van der Waals surface area contributed by atoms with Crippen LogP contribution in [0.1, 0.15) is 42.8 Å². The van der Waals surface area contributed by atoms with Crippen molar-refractivity contribution in [2.24, 2.45) is 4.99 Å². The zero-order valence-electron chi connectivity index (χ0n) is 16.2. The van der Waals surface area contributed by atoms with E-state index in [2.05, 4.69) is 10.2 Å². The van der Waals surface area contributed by atoms with Crippen LogP contribution in [0.15, 0.2) is 52.6 Å². The highest BCUT2D eigenvalue weighted by molar-refractivity contribution is 8.13. The van der Waals surface area contributed by atoms with E-state index in [1.54, 1.807) is 28.8 Å². The molecule has 158 valence electrons. The van der Waals surface area contributed by atoms with Gasteiger partial charge in [-0.3, -0.25) is 19.1 Å². The largest absolute Gasteiger partial charge is 0.481 e. The van der Waals surface area contributed by atoms with Crippen molar-refractivity contribution in [2.45, 2.75) is 31.0 Å². The highest BCUT2D eigenvalue weighted by atomic mass is 35.5. The number of nitrogens with zero attached hydrogens (tertiary/aromatic N) is 4. The van der Waals surface area contributed by atoms with Crippen LogP contribution < -0.4 is 0 Å². The lowest BCUT2D eigenvalue weighted by atomic mass is 10.00. The van der Waals surface area contributed by atoms with Gasteiger partial charge in [0.15, 0.2) is 10.9 Å². The van der Waals surface area contributed by atoms with Gasteiger partial charge in [-0.2, -0.15) is 0 Å². The zero-order chi connectivity index (χ0) is 22.1. The Labute approximate surface area is 192 Å². The zero-order valence-corrected chi connectivity index (χ0v) is 18.6. The van der Waals surface area contributed by atoms with E-state index in [0.717, 1.165) is 11.8 Å². The molecule has 2 aromatic carbocycles. The first-order chi connectivity index (χ1) is 14.8. The lowest BCUT2D eigenvalue weighted by molar-refractivity contribution is -0.137. The van der Waals surface area contributed by atoms with E-state index in [9.17, 15) is 14.7 Å². The van der Waals surface area contributed by atoms with Gasteiger partial charge >= 0.3 is 5.97 Å². The summed E-state index contributed by atoms with van der Waals surface area (Å²) in [4.78, 5) is 28.0. The molecule has 1 aliphatic heterocycles. The molecule has 0 unspecified atom stereocenters. The van der Waals surface area contributed by atoms with Crippen molar-refractivity contribution in [3.8, 4) is 5.69 Å². The lowest BCUT2D eigenvalue weighted by Gasteiger charge is -2.14. The van der Waals surface area contributed by atoms with E-state index >= 15 is 0 Å². The molecular formula is C21H16Cl2N4O3S. The molecular weight excluding hydrogens is 459 g/mol. The normalized spacial score (nSPS) is 14.9. The van der Waals surface area contributed by atoms with Gasteiger partial charge < -0.3 is 5.11 Å². The summed E-state index contributed by atoms with van der Waals surface area (Å²) in [6, 6.07) is 12.0. The number of carbonyl (C=O) groups excluding carboxylic acids is 1. The van der Waals surface area contributed by atoms with Crippen molar-refractivity contribution < 1.29 is 14.7 Å². The smallest absolute Gasteiger partial charge is 0.303 e. The lowest BCUT2D eigenvalue weighted by Crippen LogP contribution is -2.09. The molecule has 3 aromatic rings. The maximum absolute atomic E-state index is 11.8. The minimum Gasteiger partial charge on any atom is -0.481 e. The number of carboxylic acid groups (broad SMARTS) is 1. The van der Waals surface area contributed by atoms with E-state index in [1.807, 2.05) is 18.2 Å². The Morgan fingerprint density at radius 1 is 1.13 bits per heavy atom. The Morgan fingerprint density at radius 2 is 1.90 bits per heavy atom. The van der Waals surface area contributed by atoms with Crippen LogP contribution in [0.3, 0.4) is 0 Å². The molecule has 0 saturated heterocycles. The van der Waals surface area contributed by atoms with E-state index in [0.29, 0.717) is 43.6 Å². The molecule has 0 aliphatic carbocycles. The second-order valence-electron chi connectivity index (χ2n) is 6.84. The Kier molecular flexibility index (Phi) is 6.13. The van der Waals surface area contributed by atoms with Crippen molar-refractivity contribution >= 4 is 51.8 Å². The third-order valence-electron chi connectivity index (χ3n) is 4.69. The number of fused-ring (bicyclic) bond motifs is 3. The number of hydrogen-bond donors (Lipinski definition) is 1. The van der Waals surface area contributed by atoms with E-state index in [4.69, 9.17) is 28.2 Å². The summed E-state index contributed by atoms with van der Waals surface area (Å²) in [6.07, 6.45) is 0.0942. The van der Waals surface area contributed by atoms with Crippen molar-refractivity contribution in [3.63, 3.8) is 0 Å². The van der Waals surface area contributed by atoms with Gasteiger partial charge in [0.05, 0.1) is 11.4 Å². The monoisotopic (exact) mass is 474 g/mol. The SMILES string of the molecule is CC(=O)Sc1nnc2n1-c1ccc(Cl)cc1C(c1ccccc1Cl)=N[C@H]2CCC(=O)O. The Hall–Kier alpha value is -2.68. The predicted octanol–water partition coefficient (Wildman–Crippen LogP) is 4.97. The number of aromatic nitrogens is 3. The molecule has 1 aromatic heterocycles. The highest BCUT2D eigenvalue weighted by Crippen LogP contribution is 2.37. The number of aliphatic carboxylic acids is 1. The second-order valence-corrected chi connectivity index (χ2v) is 8.82. The Morgan fingerprint density at radius 3 is 2.61 bits per heavy atom. The molecule has 1 aliphatic rings. The maximum Gasteiger partial charge on any atom is 0.303 e. The van der Waals surface area contributed by atoms with E-state index in [-0.39, 0.29) is 18.0 Å². The van der Waals surface area contributed by atoms with Gasteiger partial charge in [0.25, 0.3) is 0 Å². The number of benzene rings is 2. The van der Waals surface area contributed by atoms with Crippen LogP contribution in [-0.2, 0) is 9.59 Å². The van der Waals surface area contributed by atoms with Gasteiger partial charge in [0, 0.05) is 34.5 Å². The second kappa shape index (κ2) is 8.82. The summed E-state index contributed by atoms with van der Waals surface area (Å²) in [5, 5.41) is 18.9. The quantitative estimate of drug-likeness (QED) is 0.524. The molecule has 0 radical (unpaired) electrons. The molecule has 0 fully saturated rings. The Bertz CT molecular complexity index is 1230. The van der Waals surface area contributed by atoms with Gasteiger partial charge in [-0.25, -0.2) is 0 Å². The Balaban J connectivity index is 2.00. The number of hydrogen-bond acceptors (Lipinski definition) is 6. The fourth-order valence-electron chi connectivity index (χ4n) is 3.42. The van der Waals surface area contributed by atoms with Gasteiger partial charge in [-0.05, 0) is 42.4 Å². The molecule has 1 N–H and O–H groups in total. The number of aliphatic imine (C=N–C) groups is 1. The summed E-state index contributed by atoms with van der Waals surface area (Å²) in [7, 11) is 0. The summed E-state index contributed by atoms with van der Waals surface area (Å²) in [5.41, 5.74) is 2.63. The van der Waals surface area contributed by atoms with Gasteiger partial charge in [-0.15, -0.1) is 10.2 Å².